The van der Waals surface area contributed by atoms with Crippen molar-refractivity contribution < 1.29 is 14.9 Å². The Labute approximate surface area is 192 Å². The van der Waals surface area contributed by atoms with Gasteiger partial charge in [-0.1, -0.05) is 24.3 Å². The monoisotopic (exact) mass is 445 g/mol. The lowest BCUT2D eigenvalue weighted by atomic mass is 9.80. The molecule has 0 amide bonds. The van der Waals surface area contributed by atoms with Crippen molar-refractivity contribution >= 4 is 27.0 Å². The molecule has 6 rings (SSSR count). The summed E-state index contributed by atoms with van der Waals surface area (Å²) in [6, 6.07) is 13.4. The van der Waals surface area contributed by atoms with Crippen LogP contribution in [0.3, 0.4) is 0 Å². The van der Waals surface area contributed by atoms with Crippen LogP contribution < -0.4 is 4.74 Å². The lowest BCUT2D eigenvalue weighted by molar-refractivity contribution is 0.123. The van der Waals surface area contributed by atoms with Crippen molar-refractivity contribution in [1.29, 1.82) is 0 Å². The van der Waals surface area contributed by atoms with Crippen molar-refractivity contribution in [2.75, 3.05) is 26.2 Å². The van der Waals surface area contributed by atoms with Crippen LogP contribution in [0.15, 0.2) is 60.2 Å². The fourth-order valence-corrected chi connectivity index (χ4v) is 6.79. The Morgan fingerprint density at radius 2 is 1.88 bits per heavy atom. The smallest absolute Gasteiger partial charge is 0.139 e. The van der Waals surface area contributed by atoms with Gasteiger partial charge in [-0.15, -0.1) is 11.3 Å². The highest BCUT2D eigenvalue weighted by Crippen LogP contribution is 2.57. The summed E-state index contributed by atoms with van der Waals surface area (Å²) in [6.45, 7) is 4.00. The second-order valence-electron chi connectivity index (χ2n) is 8.95. The average Bonchev–Trinajstić information content (AvgIpc) is 3.51. The fraction of sp³-hybridized carbons (Fsp3) is 0.333. The first kappa shape index (κ1) is 20.0. The van der Waals surface area contributed by atoms with Gasteiger partial charge in [0.1, 0.15) is 23.7 Å². The van der Waals surface area contributed by atoms with Gasteiger partial charge in [-0.25, -0.2) is 0 Å². The summed E-state index contributed by atoms with van der Waals surface area (Å²) in [4.78, 5) is 3.56. The maximum atomic E-state index is 12.3. The lowest BCUT2D eigenvalue weighted by Crippen LogP contribution is -2.28. The minimum Gasteiger partial charge on any atom is -0.508 e. The quantitative estimate of drug-likeness (QED) is 0.550. The van der Waals surface area contributed by atoms with Crippen LogP contribution in [0, 0.1) is 0 Å². The molecule has 1 atom stereocenters. The third-order valence-corrected chi connectivity index (χ3v) is 8.22. The molecule has 0 saturated carbocycles. The van der Waals surface area contributed by atoms with Crippen molar-refractivity contribution in [2.45, 2.75) is 31.3 Å². The van der Waals surface area contributed by atoms with Crippen LogP contribution >= 0.6 is 11.3 Å². The van der Waals surface area contributed by atoms with Gasteiger partial charge in [0.15, 0.2) is 0 Å². The van der Waals surface area contributed by atoms with E-state index < -0.39 is 5.60 Å². The Hall–Kier alpha value is -2.60. The highest BCUT2D eigenvalue weighted by Gasteiger charge is 2.47. The summed E-state index contributed by atoms with van der Waals surface area (Å²) >= 11 is 1.65. The molecule has 1 saturated heterocycles. The van der Waals surface area contributed by atoms with Gasteiger partial charge in [0, 0.05) is 27.1 Å². The normalized spacial score (nSPS) is 22.5. The predicted octanol–water partition coefficient (Wildman–Crippen LogP) is 5.43. The Balaban J connectivity index is 1.35. The van der Waals surface area contributed by atoms with Crippen LogP contribution in [0.4, 0.5) is 0 Å². The molecular formula is C27H27NO3S. The molecule has 1 aromatic heterocycles. The molecule has 0 bridgehead atoms. The van der Waals surface area contributed by atoms with Crippen molar-refractivity contribution in [3.63, 3.8) is 0 Å². The molecule has 1 fully saturated rings. The van der Waals surface area contributed by atoms with E-state index >= 15 is 0 Å². The van der Waals surface area contributed by atoms with E-state index in [0.29, 0.717) is 6.61 Å². The van der Waals surface area contributed by atoms with Gasteiger partial charge < -0.3 is 14.9 Å². The van der Waals surface area contributed by atoms with Gasteiger partial charge in [0.25, 0.3) is 0 Å². The number of nitrogens with zero attached hydrogens (tertiary/aromatic N) is 1. The van der Waals surface area contributed by atoms with Gasteiger partial charge in [0.05, 0.1) is 0 Å². The largest absolute Gasteiger partial charge is 0.508 e. The van der Waals surface area contributed by atoms with E-state index in [2.05, 4.69) is 17.1 Å². The fourth-order valence-electron chi connectivity index (χ4n) is 5.45. The van der Waals surface area contributed by atoms with E-state index in [-0.39, 0.29) is 5.75 Å². The zero-order valence-electron chi connectivity index (χ0n) is 18.0. The molecular weight excluding hydrogens is 418 g/mol. The van der Waals surface area contributed by atoms with Gasteiger partial charge >= 0.3 is 0 Å². The van der Waals surface area contributed by atoms with Crippen LogP contribution in [-0.4, -0.2) is 41.4 Å². The minimum atomic E-state index is -1.15. The molecule has 2 aliphatic carbocycles. The first-order chi connectivity index (χ1) is 15.6. The Morgan fingerprint density at radius 1 is 1.06 bits per heavy atom. The molecule has 3 aliphatic rings. The summed E-state index contributed by atoms with van der Waals surface area (Å²) in [5.41, 5.74) is 2.90. The number of phenols is 1. The molecule has 1 unspecified atom stereocenters. The Morgan fingerprint density at radius 3 is 2.69 bits per heavy atom. The zero-order valence-corrected chi connectivity index (χ0v) is 18.8. The predicted molar refractivity (Wildman–Crippen MR) is 129 cm³/mol. The van der Waals surface area contributed by atoms with E-state index in [1.807, 2.05) is 30.3 Å². The number of ether oxygens (including phenoxy) is 1. The van der Waals surface area contributed by atoms with E-state index in [9.17, 15) is 10.2 Å². The maximum Gasteiger partial charge on any atom is 0.139 e. The zero-order chi connectivity index (χ0) is 21.7. The van der Waals surface area contributed by atoms with Crippen LogP contribution in [0.2, 0.25) is 0 Å². The first-order valence-corrected chi connectivity index (χ1v) is 12.3. The van der Waals surface area contributed by atoms with Crippen molar-refractivity contribution in [3.8, 4) is 11.5 Å². The number of rotatable bonds is 5. The molecule has 2 heterocycles. The highest BCUT2D eigenvalue weighted by atomic mass is 32.1. The maximum absolute atomic E-state index is 12.3. The second-order valence-corrected chi connectivity index (χ2v) is 10.0. The molecule has 2 N–H and O–H groups in total. The number of hydrogen-bond donors (Lipinski definition) is 2. The molecule has 5 heteroatoms. The molecule has 3 aromatic rings. The number of likely N-dealkylation sites (tertiary alicyclic amines) is 1. The van der Waals surface area contributed by atoms with Crippen molar-refractivity contribution in [2.24, 2.45) is 0 Å². The lowest BCUT2D eigenvalue weighted by Gasteiger charge is -2.30. The molecule has 0 spiro atoms. The molecule has 32 heavy (non-hydrogen) atoms. The molecule has 4 nitrogen and oxygen atoms in total. The van der Waals surface area contributed by atoms with E-state index in [1.54, 1.807) is 23.5 Å². The van der Waals surface area contributed by atoms with Gasteiger partial charge in [-0.3, -0.25) is 4.90 Å². The summed E-state index contributed by atoms with van der Waals surface area (Å²) in [5, 5.41) is 23.3. The Bertz CT molecular complexity index is 1230. The number of aromatic hydroxyl groups is 1. The third-order valence-electron chi connectivity index (χ3n) is 7.03. The summed E-state index contributed by atoms with van der Waals surface area (Å²) in [5.74, 6) is 1.09. The number of thiophene rings is 1. The number of phenolic OH excluding ortho intramolecular Hbond substituents is 1. The summed E-state index contributed by atoms with van der Waals surface area (Å²) in [6.07, 6.45) is 8.70. The van der Waals surface area contributed by atoms with Gasteiger partial charge in [-0.05, 0) is 85.8 Å². The van der Waals surface area contributed by atoms with Crippen LogP contribution in [-0.2, 0) is 5.60 Å². The van der Waals surface area contributed by atoms with E-state index in [1.165, 1.54) is 25.9 Å². The molecule has 0 radical (unpaired) electrons. The van der Waals surface area contributed by atoms with Gasteiger partial charge in [-0.2, -0.15) is 0 Å². The number of aliphatic hydroxyl groups is 1. The standard InChI is InChI=1S/C27H27NO3S/c29-19-9-12-22-24(17-19)32-26-21-5-1-2-6-23(21)27(30,25(22)26)18-7-10-20(11-8-18)31-16-15-28-13-3-4-14-28/h1,5,7-12,17,29-30H,2-4,6,13-16H2. The topological polar surface area (TPSA) is 52.9 Å². The number of benzene rings is 2. The highest BCUT2D eigenvalue weighted by molar-refractivity contribution is 7.20. The number of allylic oxidation sites excluding steroid dienone is 3. The third kappa shape index (κ3) is 3.11. The van der Waals surface area contributed by atoms with Crippen LogP contribution in [0.5, 0.6) is 11.5 Å². The van der Waals surface area contributed by atoms with E-state index in [4.69, 9.17) is 4.74 Å². The summed E-state index contributed by atoms with van der Waals surface area (Å²) < 4.78 is 6.99. The first-order valence-electron chi connectivity index (χ1n) is 11.5. The van der Waals surface area contributed by atoms with Gasteiger partial charge in [0.2, 0.25) is 0 Å². The molecule has 2 aromatic carbocycles. The van der Waals surface area contributed by atoms with Crippen LogP contribution in [0.25, 0.3) is 15.7 Å². The van der Waals surface area contributed by atoms with Crippen molar-refractivity contribution in [1.82, 2.24) is 4.90 Å². The van der Waals surface area contributed by atoms with Crippen LogP contribution in [0.1, 0.15) is 41.7 Å². The molecule has 164 valence electrons. The Kier molecular flexibility index (Phi) is 4.86. The SMILES string of the molecule is Oc1ccc2c3c(sc2c1)C1=C(CCC=C1)C3(O)c1ccc(OCCN2CCCC2)cc1. The minimum absolute atomic E-state index is 0.254. The average molecular weight is 446 g/mol. The molecule has 1 aliphatic heterocycles. The van der Waals surface area contributed by atoms with Crippen molar-refractivity contribution in [3.05, 3.63) is 76.2 Å². The number of hydrogen-bond acceptors (Lipinski definition) is 5. The van der Waals surface area contributed by atoms with E-state index in [0.717, 1.165) is 62.4 Å². The summed E-state index contributed by atoms with van der Waals surface area (Å²) in [7, 11) is 0. The second kappa shape index (κ2) is 7.77. The number of fused-ring (bicyclic) bond motifs is 4.